The molecular weight excluding hydrogens is 264 g/mol. The van der Waals surface area contributed by atoms with Crippen molar-refractivity contribution in [3.8, 4) is 0 Å². The van der Waals surface area contributed by atoms with E-state index < -0.39 is 0 Å². The molecule has 0 heterocycles. The molecule has 123 valence electrons. The number of unbranched alkanes of at least 4 members (excludes halogenated alkanes) is 12. The van der Waals surface area contributed by atoms with E-state index in [0.29, 0.717) is 0 Å². The van der Waals surface area contributed by atoms with Gasteiger partial charge in [0, 0.05) is 0 Å². The van der Waals surface area contributed by atoms with Gasteiger partial charge in [0.15, 0.2) is 0 Å². The average Bonchev–Trinajstić information content (AvgIpc) is 2.56. The van der Waals surface area contributed by atoms with Crippen LogP contribution in [0.5, 0.6) is 0 Å². The van der Waals surface area contributed by atoms with Crippen molar-refractivity contribution >= 4 is 6.08 Å². The Morgan fingerprint density at radius 1 is 0.727 bits per heavy atom. The first-order valence-electron chi connectivity index (χ1n) is 9.56. The first-order chi connectivity index (χ1) is 10.9. The molecule has 0 fully saturated rings. The van der Waals surface area contributed by atoms with Crippen LogP contribution in [0.15, 0.2) is 30.3 Å². The molecule has 0 spiro atoms. The average molecular weight is 300 g/mol. The molecule has 0 saturated heterocycles. The zero-order valence-corrected chi connectivity index (χ0v) is 14.7. The maximum absolute atomic E-state index is 3.05. The van der Waals surface area contributed by atoms with E-state index >= 15 is 0 Å². The fourth-order valence-electron chi connectivity index (χ4n) is 2.83. The van der Waals surface area contributed by atoms with Gasteiger partial charge in [-0.3, -0.25) is 0 Å². The predicted octanol–water partition coefficient (Wildman–Crippen LogP) is 7.59. The van der Waals surface area contributed by atoms with E-state index in [1.54, 1.807) is 0 Å². The number of rotatable bonds is 14. The van der Waals surface area contributed by atoms with E-state index in [9.17, 15) is 0 Å². The second-order valence-corrected chi connectivity index (χ2v) is 6.41. The van der Waals surface area contributed by atoms with Gasteiger partial charge < -0.3 is 0 Å². The molecule has 1 aromatic rings. The molecular formula is C22H35. The lowest BCUT2D eigenvalue weighted by Crippen LogP contribution is -1.82. The van der Waals surface area contributed by atoms with Crippen molar-refractivity contribution in [2.45, 2.75) is 90.4 Å². The van der Waals surface area contributed by atoms with Gasteiger partial charge in [-0.2, -0.15) is 0 Å². The first-order valence-corrected chi connectivity index (χ1v) is 9.56. The highest BCUT2D eigenvalue weighted by Gasteiger charge is 1.93. The number of allylic oxidation sites excluding steroid dienone is 1. The summed E-state index contributed by atoms with van der Waals surface area (Å²) >= 11 is 0. The summed E-state index contributed by atoms with van der Waals surface area (Å²) < 4.78 is 0. The van der Waals surface area contributed by atoms with Gasteiger partial charge in [-0.1, -0.05) is 114 Å². The largest absolute Gasteiger partial charge is 0.0839 e. The molecule has 0 saturated carbocycles. The van der Waals surface area contributed by atoms with Crippen molar-refractivity contribution in [2.24, 2.45) is 0 Å². The minimum Gasteiger partial charge on any atom is -0.0839 e. The summed E-state index contributed by atoms with van der Waals surface area (Å²) in [6.07, 6.45) is 22.9. The zero-order chi connectivity index (χ0) is 15.7. The van der Waals surface area contributed by atoms with Crippen molar-refractivity contribution in [2.75, 3.05) is 0 Å². The third-order valence-corrected chi connectivity index (χ3v) is 4.28. The van der Waals surface area contributed by atoms with E-state index in [1.807, 2.05) is 12.1 Å². The lowest BCUT2D eigenvalue weighted by molar-refractivity contribution is 0.545. The topological polar surface area (TPSA) is 0 Å². The van der Waals surface area contributed by atoms with Crippen molar-refractivity contribution in [3.63, 3.8) is 0 Å². The molecule has 0 aliphatic heterocycles. The number of hydrogen-bond acceptors (Lipinski definition) is 0. The second-order valence-electron chi connectivity index (χ2n) is 6.41. The third kappa shape index (κ3) is 11.6. The van der Waals surface area contributed by atoms with Crippen LogP contribution in [-0.2, 0) is 0 Å². The van der Waals surface area contributed by atoms with Crippen LogP contribution in [0, 0.1) is 6.07 Å². The maximum Gasteiger partial charge on any atom is -0.0184 e. The Kier molecular flexibility index (Phi) is 12.9. The summed E-state index contributed by atoms with van der Waals surface area (Å²) in [5.74, 6) is 0. The normalized spacial score (nSPS) is 11.3. The number of benzene rings is 1. The van der Waals surface area contributed by atoms with Crippen LogP contribution in [0.2, 0.25) is 0 Å². The highest BCUT2D eigenvalue weighted by Crippen LogP contribution is 2.12. The van der Waals surface area contributed by atoms with Crippen LogP contribution >= 0.6 is 0 Å². The Morgan fingerprint density at radius 3 is 1.77 bits per heavy atom. The van der Waals surface area contributed by atoms with Gasteiger partial charge in [-0.05, 0) is 24.5 Å². The van der Waals surface area contributed by atoms with Crippen molar-refractivity contribution in [1.82, 2.24) is 0 Å². The van der Waals surface area contributed by atoms with E-state index in [4.69, 9.17) is 0 Å². The van der Waals surface area contributed by atoms with Crippen LogP contribution in [0.4, 0.5) is 0 Å². The summed E-state index contributed by atoms with van der Waals surface area (Å²) in [7, 11) is 0. The van der Waals surface area contributed by atoms with Gasteiger partial charge in [-0.15, -0.1) is 0 Å². The van der Waals surface area contributed by atoms with Gasteiger partial charge in [-0.25, -0.2) is 0 Å². The molecule has 0 atom stereocenters. The minimum atomic E-state index is 1.22. The third-order valence-electron chi connectivity index (χ3n) is 4.28. The lowest BCUT2D eigenvalue weighted by Gasteiger charge is -2.02. The van der Waals surface area contributed by atoms with Crippen LogP contribution in [0.1, 0.15) is 96.0 Å². The smallest absolute Gasteiger partial charge is 0.0184 e. The van der Waals surface area contributed by atoms with E-state index in [1.165, 1.54) is 89.0 Å². The molecule has 1 radical (unpaired) electrons. The Bertz CT molecular complexity index is 350. The molecule has 0 aromatic heterocycles. The molecule has 22 heavy (non-hydrogen) atoms. The Hall–Kier alpha value is -1.04. The number of hydrogen-bond donors (Lipinski definition) is 0. The summed E-state index contributed by atoms with van der Waals surface area (Å²) in [5.41, 5.74) is 1.29. The van der Waals surface area contributed by atoms with Gasteiger partial charge in [0.05, 0.1) is 0 Å². The molecule has 0 amide bonds. The van der Waals surface area contributed by atoms with Crippen LogP contribution in [0.25, 0.3) is 6.08 Å². The lowest BCUT2D eigenvalue weighted by atomic mass is 10.0. The van der Waals surface area contributed by atoms with Crippen LogP contribution in [0.3, 0.4) is 0 Å². The second kappa shape index (κ2) is 14.9. The fraction of sp³-hybridized carbons (Fsp3) is 0.636. The minimum absolute atomic E-state index is 1.22. The van der Waals surface area contributed by atoms with Gasteiger partial charge in [0.2, 0.25) is 0 Å². The zero-order valence-electron chi connectivity index (χ0n) is 14.7. The van der Waals surface area contributed by atoms with Crippen molar-refractivity contribution in [3.05, 3.63) is 42.0 Å². The first kappa shape index (κ1) is 19.0. The summed E-state index contributed by atoms with van der Waals surface area (Å²) in [4.78, 5) is 0. The molecule has 1 aromatic carbocycles. The van der Waals surface area contributed by atoms with Gasteiger partial charge >= 0.3 is 0 Å². The monoisotopic (exact) mass is 299 g/mol. The Labute approximate surface area is 139 Å². The SMILES string of the molecule is CCCCCCCCCCCCCC/C=C/c1cc[c]cc1. The van der Waals surface area contributed by atoms with E-state index in [-0.39, 0.29) is 0 Å². The quantitative estimate of drug-likeness (QED) is 0.310. The van der Waals surface area contributed by atoms with Crippen LogP contribution in [-0.4, -0.2) is 0 Å². The van der Waals surface area contributed by atoms with E-state index in [2.05, 4.69) is 37.3 Å². The molecule has 0 aliphatic rings. The molecule has 0 unspecified atom stereocenters. The summed E-state index contributed by atoms with van der Waals surface area (Å²) in [6.45, 7) is 2.29. The molecule has 0 nitrogen and oxygen atoms in total. The molecule has 1 rings (SSSR count). The highest BCUT2D eigenvalue weighted by molar-refractivity contribution is 5.48. The molecule has 0 aliphatic carbocycles. The molecule has 0 heteroatoms. The molecule has 0 bridgehead atoms. The summed E-state index contributed by atoms with van der Waals surface area (Å²) in [5, 5.41) is 0. The fourth-order valence-corrected chi connectivity index (χ4v) is 2.83. The Morgan fingerprint density at radius 2 is 1.23 bits per heavy atom. The highest BCUT2D eigenvalue weighted by atomic mass is 14.0. The van der Waals surface area contributed by atoms with Gasteiger partial charge in [0.1, 0.15) is 0 Å². The standard InChI is InChI=1S/C22H35/c1-2-3-4-5-6-7-8-9-10-11-12-13-14-16-19-22-20-17-15-18-21-22/h16-21H,2-14H2,1H3/b19-16+. The maximum atomic E-state index is 3.05. The molecule has 0 N–H and O–H groups in total. The van der Waals surface area contributed by atoms with Crippen molar-refractivity contribution < 1.29 is 0 Å². The summed E-state index contributed by atoms with van der Waals surface area (Å²) in [6, 6.07) is 11.2. The predicted molar refractivity (Wildman–Crippen MR) is 100 cm³/mol. The Balaban J connectivity index is 1.79. The van der Waals surface area contributed by atoms with E-state index in [0.717, 1.165) is 0 Å². The van der Waals surface area contributed by atoms with Gasteiger partial charge in [0.25, 0.3) is 0 Å². The van der Waals surface area contributed by atoms with Crippen LogP contribution < -0.4 is 0 Å². The van der Waals surface area contributed by atoms with Crippen molar-refractivity contribution in [1.29, 1.82) is 0 Å².